The minimum Gasteiger partial charge on any atom is -0.345 e. The summed E-state index contributed by atoms with van der Waals surface area (Å²) < 4.78 is 26.2. The van der Waals surface area contributed by atoms with E-state index in [9.17, 15) is 18.0 Å². The van der Waals surface area contributed by atoms with E-state index in [4.69, 9.17) is 0 Å². The lowest BCUT2D eigenvalue weighted by atomic mass is 10.2. The molecule has 6 nitrogen and oxygen atoms in total. The zero-order valence-corrected chi connectivity index (χ0v) is 12.9. The molecule has 1 saturated heterocycles. The molecule has 0 spiro atoms. The van der Waals surface area contributed by atoms with Gasteiger partial charge in [0, 0.05) is 18.7 Å². The standard InChI is InChI=1S/C13H16N2O4S2/c16-12(15-11-7-9-20-13(11)17)6-8-14-21(18,19)10-4-2-1-3-5-10/h1-5,11,14H,6-9H2,(H,15,16). The van der Waals surface area contributed by atoms with E-state index in [0.29, 0.717) is 12.2 Å². The van der Waals surface area contributed by atoms with Crippen LogP contribution < -0.4 is 10.0 Å². The van der Waals surface area contributed by atoms with Crippen LogP contribution in [0, 0.1) is 0 Å². The van der Waals surface area contributed by atoms with Crippen molar-refractivity contribution in [3.05, 3.63) is 30.3 Å². The van der Waals surface area contributed by atoms with E-state index in [-0.39, 0.29) is 28.9 Å². The fourth-order valence-corrected chi connectivity index (χ4v) is 3.86. The van der Waals surface area contributed by atoms with Gasteiger partial charge in [0.15, 0.2) is 0 Å². The number of rotatable bonds is 6. The Morgan fingerprint density at radius 2 is 2.00 bits per heavy atom. The van der Waals surface area contributed by atoms with Gasteiger partial charge in [-0.2, -0.15) is 0 Å². The van der Waals surface area contributed by atoms with Crippen LogP contribution in [0.5, 0.6) is 0 Å². The van der Waals surface area contributed by atoms with E-state index < -0.39 is 16.1 Å². The van der Waals surface area contributed by atoms with E-state index in [1.54, 1.807) is 18.2 Å². The summed E-state index contributed by atoms with van der Waals surface area (Å²) in [5, 5.41) is 2.58. The van der Waals surface area contributed by atoms with E-state index in [0.717, 1.165) is 0 Å². The van der Waals surface area contributed by atoms with Crippen LogP contribution in [0.1, 0.15) is 12.8 Å². The van der Waals surface area contributed by atoms with Gasteiger partial charge in [-0.05, 0) is 18.6 Å². The molecular weight excluding hydrogens is 312 g/mol. The van der Waals surface area contributed by atoms with Crippen LogP contribution in [0.3, 0.4) is 0 Å². The maximum Gasteiger partial charge on any atom is 0.240 e. The molecule has 0 bridgehead atoms. The van der Waals surface area contributed by atoms with Crippen molar-refractivity contribution in [3.8, 4) is 0 Å². The number of benzene rings is 1. The van der Waals surface area contributed by atoms with Gasteiger partial charge in [-0.15, -0.1) is 0 Å². The molecule has 1 aliphatic rings. The lowest BCUT2D eigenvalue weighted by Crippen LogP contribution is -2.38. The molecule has 1 unspecified atom stereocenters. The third-order valence-electron chi connectivity index (χ3n) is 2.97. The molecule has 1 atom stereocenters. The first-order valence-corrected chi connectivity index (χ1v) is 8.96. The zero-order valence-electron chi connectivity index (χ0n) is 11.2. The minimum absolute atomic E-state index is 0.000506. The first-order valence-electron chi connectivity index (χ1n) is 6.50. The smallest absolute Gasteiger partial charge is 0.240 e. The van der Waals surface area contributed by atoms with Crippen LogP contribution in [0.2, 0.25) is 0 Å². The van der Waals surface area contributed by atoms with Gasteiger partial charge in [0.1, 0.15) is 0 Å². The van der Waals surface area contributed by atoms with Gasteiger partial charge >= 0.3 is 0 Å². The second kappa shape index (κ2) is 7.06. The number of nitrogens with one attached hydrogen (secondary N) is 2. The maximum atomic E-state index is 11.9. The fraction of sp³-hybridized carbons (Fsp3) is 0.385. The van der Waals surface area contributed by atoms with E-state index >= 15 is 0 Å². The molecule has 21 heavy (non-hydrogen) atoms. The van der Waals surface area contributed by atoms with Gasteiger partial charge in [0.05, 0.1) is 10.9 Å². The van der Waals surface area contributed by atoms with Crippen LogP contribution >= 0.6 is 11.8 Å². The van der Waals surface area contributed by atoms with Crippen LogP contribution in [-0.2, 0) is 19.6 Å². The Bertz CT molecular complexity index is 616. The average Bonchev–Trinajstić information content (AvgIpc) is 2.85. The van der Waals surface area contributed by atoms with Crippen LogP contribution in [0.15, 0.2) is 35.2 Å². The van der Waals surface area contributed by atoms with Crippen LogP contribution in [-0.4, -0.2) is 37.8 Å². The largest absolute Gasteiger partial charge is 0.345 e. The van der Waals surface area contributed by atoms with Crippen molar-refractivity contribution in [2.45, 2.75) is 23.8 Å². The number of carbonyl (C=O) groups excluding carboxylic acids is 2. The topological polar surface area (TPSA) is 92.3 Å². The fourth-order valence-electron chi connectivity index (χ4n) is 1.88. The third-order valence-corrected chi connectivity index (χ3v) is 5.45. The van der Waals surface area contributed by atoms with Crippen molar-refractivity contribution in [1.29, 1.82) is 0 Å². The molecule has 1 aromatic rings. The number of sulfonamides is 1. The molecular formula is C13H16N2O4S2. The molecule has 0 radical (unpaired) electrons. The molecule has 1 amide bonds. The molecule has 0 aliphatic carbocycles. The molecule has 1 heterocycles. The Kier molecular flexibility index (Phi) is 5.38. The molecule has 2 N–H and O–H groups in total. The number of hydrogen-bond donors (Lipinski definition) is 2. The highest BCUT2D eigenvalue weighted by Gasteiger charge is 2.26. The summed E-state index contributed by atoms with van der Waals surface area (Å²) in [5.74, 6) is 0.386. The van der Waals surface area contributed by atoms with E-state index in [1.807, 2.05) is 0 Å². The summed E-state index contributed by atoms with van der Waals surface area (Å²) in [4.78, 5) is 23.2. The minimum atomic E-state index is -3.60. The highest BCUT2D eigenvalue weighted by Crippen LogP contribution is 2.19. The second-order valence-electron chi connectivity index (χ2n) is 4.54. The first-order chi connectivity index (χ1) is 9.99. The lowest BCUT2D eigenvalue weighted by molar-refractivity contribution is -0.124. The Balaban J connectivity index is 1.79. The first kappa shape index (κ1) is 16.0. The molecule has 1 aromatic carbocycles. The van der Waals surface area contributed by atoms with Gasteiger partial charge in [0.25, 0.3) is 0 Å². The number of hydrogen-bond acceptors (Lipinski definition) is 5. The van der Waals surface area contributed by atoms with Crippen LogP contribution in [0.4, 0.5) is 0 Å². The van der Waals surface area contributed by atoms with Crippen molar-refractivity contribution in [2.75, 3.05) is 12.3 Å². The summed E-state index contributed by atoms with van der Waals surface area (Å²) in [6.45, 7) is -0.00286. The normalized spacial score (nSPS) is 18.7. The average molecular weight is 328 g/mol. The zero-order chi connectivity index (χ0) is 15.3. The molecule has 1 aliphatic heterocycles. The summed E-state index contributed by atoms with van der Waals surface area (Å²) in [7, 11) is -3.60. The third kappa shape index (κ3) is 4.55. The number of thioether (sulfide) groups is 1. The molecule has 1 fully saturated rings. The van der Waals surface area contributed by atoms with Crippen molar-refractivity contribution >= 4 is 32.8 Å². The van der Waals surface area contributed by atoms with Crippen molar-refractivity contribution in [2.24, 2.45) is 0 Å². The van der Waals surface area contributed by atoms with Crippen molar-refractivity contribution < 1.29 is 18.0 Å². The Hall–Kier alpha value is -1.38. The van der Waals surface area contributed by atoms with Gasteiger partial charge < -0.3 is 5.32 Å². The quantitative estimate of drug-likeness (QED) is 0.793. The van der Waals surface area contributed by atoms with Crippen molar-refractivity contribution in [1.82, 2.24) is 10.0 Å². The summed E-state index contributed by atoms with van der Waals surface area (Å²) >= 11 is 1.21. The van der Waals surface area contributed by atoms with Gasteiger partial charge in [-0.3, -0.25) is 9.59 Å². The molecule has 0 saturated carbocycles. The van der Waals surface area contributed by atoms with E-state index in [2.05, 4.69) is 10.0 Å². The predicted octanol–water partition coefficient (Wildman–Crippen LogP) is 0.503. The second-order valence-corrected chi connectivity index (χ2v) is 7.40. The van der Waals surface area contributed by atoms with E-state index in [1.165, 1.54) is 23.9 Å². The Morgan fingerprint density at radius 3 is 2.62 bits per heavy atom. The molecule has 8 heteroatoms. The molecule has 2 rings (SSSR count). The molecule has 0 aromatic heterocycles. The summed E-state index contributed by atoms with van der Waals surface area (Å²) in [5.41, 5.74) is 0. The highest BCUT2D eigenvalue weighted by atomic mass is 32.2. The number of carbonyl (C=O) groups is 2. The van der Waals surface area contributed by atoms with Crippen molar-refractivity contribution in [3.63, 3.8) is 0 Å². The SMILES string of the molecule is O=C(CCNS(=O)(=O)c1ccccc1)NC1CCSC1=O. The summed E-state index contributed by atoms with van der Waals surface area (Å²) in [6.07, 6.45) is 0.630. The highest BCUT2D eigenvalue weighted by molar-refractivity contribution is 8.14. The number of amides is 1. The summed E-state index contributed by atoms with van der Waals surface area (Å²) in [6, 6.07) is 7.51. The van der Waals surface area contributed by atoms with Gasteiger partial charge in [-0.25, -0.2) is 13.1 Å². The Morgan fingerprint density at radius 1 is 1.29 bits per heavy atom. The maximum absolute atomic E-state index is 11.9. The lowest BCUT2D eigenvalue weighted by Gasteiger charge is -2.10. The monoisotopic (exact) mass is 328 g/mol. The molecule has 114 valence electrons. The Labute approximate surface area is 127 Å². The van der Waals surface area contributed by atoms with Gasteiger partial charge in [-0.1, -0.05) is 30.0 Å². The van der Waals surface area contributed by atoms with Crippen LogP contribution in [0.25, 0.3) is 0 Å². The van der Waals surface area contributed by atoms with Gasteiger partial charge in [0.2, 0.25) is 21.0 Å². The predicted molar refractivity (Wildman–Crippen MR) is 80.3 cm³/mol.